The lowest BCUT2D eigenvalue weighted by Gasteiger charge is -2.22. The number of amides is 1. The molecule has 1 aromatic carbocycles. The first-order valence-corrected chi connectivity index (χ1v) is 13.5. The average Bonchev–Trinajstić information content (AvgIpc) is 3.50. The topological polar surface area (TPSA) is 147 Å². The normalized spacial score (nSPS) is 17.3. The van der Waals surface area contributed by atoms with Crippen LogP contribution in [0.2, 0.25) is 5.02 Å². The zero-order valence-corrected chi connectivity index (χ0v) is 22.3. The van der Waals surface area contributed by atoms with Crippen molar-refractivity contribution in [2.45, 2.75) is 42.9 Å². The summed E-state index contributed by atoms with van der Waals surface area (Å²) in [6, 6.07) is 4.72. The molecule has 3 aromatic rings. The summed E-state index contributed by atoms with van der Waals surface area (Å²) in [5.74, 6) is 0.900. The van der Waals surface area contributed by atoms with Crippen molar-refractivity contribution in [3.8, 4) is 17.2 Å². The number of carbonyl (C=O) groups excluding carboxylic acids is 1. The minimum absolute atomic E-state index is 0.123. The van der Waals surface area contributed by atoms with Crippen LogP contribution >= 0.6 is 11.6 Å². The number of carbonyl (C=O) groups is 1. The third-order valence-electron chi connectivity index (χ3n) is 6.16. The molecule has 0 unspecified atom stereocenters. The van der Waals surface area contributed by atoms with Crippen molar-refractivity contribution in [1.29, 1.82) is 0 Å². The van der Waals surface area contributed by atoms with E-state index < -0.39 is 33.0 Å². The van der Waals surface area contributed by atoms with E-state index in [1.54, 1.807) is 22.8 Å². The highest BCUT2D eigenvalue weighted by Crippen LogP contribution is 2.37. The minimum atomic E-state index is -3.90. The molecule has 1 saturated heterocycles. The van der Waals surface area contributed by atoms with E-state index in [0.29, 0.717) is 40.9 Å². The van der Waals surface area contributed by atoms with Gasteiger partial charge in [0.15, 0.2) is 27.3 Å². The van der Waals surface area contributed by atoms with Gasteiger partial charge < -0.3 is 19.5 Å². The monoisotopic (exact) mass is 550 g/mol. The van der Waals surface area contributed by atoms with Crippen LogP contribution < -0.4 is 14.8 Å². The highest BCUT2D eigenvalue weighted by Gasteiger charge is 2.36. The summed E-state index contributed by atoms with van der Waals surface area (Å²) in [4.78, 5) is 20.2. The second-order valence-corrected chi connectivity index (χ2v) is 11.2. The van der Waals surface area contributed by atoms with Crippen molar-refractivity contribution in [3.63, 3.8) is 0 Å². The molecule has 3 heterocycles. The van der Waals surface area contributed by atoms with Gasteiger partial charge in [0, 0.05) is 25.9 Å². The van der Waals surface area contributed by atoms with E-state index in [2.05, 4.69) is 25.5 Å². The maximum Gasteiger partial charge on any atom is 0.220 e. The quantitative estimate of drug-likeness (QED) is 0.399. The first-order valence-electron chi connectivity index (χ1n) is 11.4. The number of benzene rings is 1. The van der Waals surface area contributed by atoms with Gasteiger partial charge in [-0.25, -0.2) is 18.4 Å². The molecule has 1 fully saturated rings. The number of hydrogen-bond donors (Lipinski definition) is 1. The van der Waals surface area contributed by atoms with E-state index in [-0.39, 0.29) is 17.6 Å². The molecule has 1 amide bonds. The van der Waals surface area contributed by atoms with Crippen molar-refractivity contribution >= 4 is 27.3 Å². The Morgan fingerprint density at radius 3 is 2.32 bits per heavy atom. The van der Waals surface area contributed by atoms with Gasteiger partial charge in [-0.1, -0.05) is 17.7 Å². The van der Waals surface area contributed by atoms with Crippen molar-refractivity contribution in [2.24, 2.45) is 0 Å². The Morgan fingerprint density at radius 1 is 1.14 bits per heavy atom. The Labute approximate surface area is 219 Å². The summed E-state index contributed by atoms with van der Waals surface area (Å²) in [6.07, 6.45) is 2.61. The fourth-order valence-electron chi connectivity index (χ4n) is 4.23. The van der Waals surface area contributed by atoms with E-state index in [1.165, 1.54) is 40.6 Å². The zero-order valence-electron chi connectivity index (χ0n) is 20.7. The Bertz CT molecular complexity index is 1360. The summed E-state index contributed by atoms with van der Waals surface area (Å²) >= 11 is 5.88. The Morgan fingerprint density at radius 2 is 1.78 bits per heavy atom. The molecule has 198 valence electrons. The van der Waals surface area contributed by atoms with Gasteiger partial charge >= 0.3 is 0 Å². The summed E-state index contributed by atoms with van der Waals surface area (Å²) < 4.78 is 45.5. The molecule has 12 nitrogen and oxygen atoms in total. The van der Waals surface area contributed by atoms with Gasteiger partial charge in [0.2, 0.25) is 5.91 Å². The van der Waals surface area contributed by atoms with E-state index in [1.807, 2.05) is 0 Å². The number of nitrogens with one attached hydrogen (secondary N) is 1. The van der Waals surface area contributed by atoms with Gasteiger partial charge in [0.05, 0.1) is 30.5 Å². The summed E-state index contributed by atoms with van der Waals surface area (Å²) in [5, 5.41) is 10.7. The number of methoxy groups -OCH3 is 3. The summed E-state index contributed by atoms with van der Waals surface area (Å²) in [5.41, 5.74) is 0.427. The fraction of sp³-hybridized carbons (Fsp3) is 0.435. The average molecular weight is 551 g/mol. The van der Waals surface area contributed by atoms with Gasteiger partial charge in [-0.05, 0) is 25.5 Å². The van der Waals surface area contributed by atoms with E-state index in [0.717, 1.165) is 0 Å². The highest BCUT2D eigenvalue weighted by atomic mass is 35.5. The molecule has 1 aliphatic heterocycles. The largest absolute Gasteiger partial charge is 0.494 e. The summed E-state index contributed by atoms with van der Waals surface area (Å²) in [6.45, 7) is 1.52. The zero-order chi connectivity index (χ0) is 26.7. The smallest absolute Gasteiger partial charge is 0.220 e. The van der Waals surface area contributed by atoms with Crippen LogP contribution in [0.4, 0.5) is 0 Å². The van der Waals surface area contributed by atoms with Crippen LogP contribution in [0.25, 0.3) is 5.69 Å². The van der Waals surface area contributed by atoms with E-state index >= 15 is 0 Å². The van der Waals surface area contributed by atoms with Crippen LogP contribution in [-0.2, 0) is 25.1 Å². The van der Waals surface area contributed by atoms with Crippen molar-refractivity contribution in [1.82, 2.24) is 30.0 Å². The predicted molar refractivity (Wildman–Crippen MR) is 133 cm³/mol. The predicted octanol–water partition coefficient (Wildman–Crippen LogP) is 2.37. The molecule has 14 heteroatoms. The molecular formula is C23H27ClN6O6S. The van der Waals surface area contributed by atoms with Gasteiger partial charge in [0.25, 0.3) is 0 Å². The highest BCUT2D eigenvalue weighted by molar-refractivity contribution is 7.91. The van der Waals surface area contributed by atoms with Crippen molar-refractivity contribution < 1.29 is 27.4 Å². The molecule has 3 atom stereocenters. The molecule has 0 saturated carbocycles. The van der Waals surface area contributed by atoms with Crippen LogP contribution in [0.3, 0.4) is 0 Å². The Hall–Kier alpha value is -3.29. The molecular weight excluding hydrogens is 524 g/mol. The lowest BCUT2D eigenvalue weighted by molar-refractivity contribution is -0.119. The SMILES string of the molecule is COc1cccc(OC)c1-n1c(CS(=O)(=O)[C@@H](C)[C@H](OC)c2ncc(Cl)cn2)nnc1[C@@H]1CCC(=O)N1. The first kappa shape index (κ1) is 26.8. The second kappa shape index (κ2) is 11.0. The third-order valence-corrected chi connectivity index (χ3v) is 8.40. The molecule has 0 aliphatic carbocycles. The lowest BCUT2D eigenvalue weighted by Crippen LogP contribution is -2.30. The maximum absolute atomic E-state index is 13.6. The number of nitrogens with zero attached hydrogens (tertiary/aromatic N) is 5. The Balaban J connectivity index is 1.79. The first-order chi connectivity index (χ1) is 17.7. The minimum Gasteiger partial charge on any atom is -0.494 e. The van der Waals surface area contributed by atoms with Crippen LogP contribution in [0.15, 0.2) is 30.6 Å². The van der Waals surface area contributed by atoms with E-state index in [4.69, 9.17) is 25.8 Å². The molecule has 0 radical (unpaired) electrons. The molecule has 2 aromatic heterocycles. The van der Waals surface area contributed by atoms with E-state index in [9.17, 15) is 13.2 Å². The fourth-order valence-corrected chi connectivity index (χ4v) is 5.75. The Kier molecular flexibility index (Phi) is 7.95. The molecule has 4 rings (SSSR count). The number of rotatable bonds is 10. The van der Waals surface area contributed by atoms with Crippen LogP contribution in [0, 0.1) is 0 Å². The van der Waals surface area contributed by atoms with Crippen LogP contribution in [0.5, 0.6) is 11.5 Å². The summed E-state index contributed by atoms with van der Waals surface area (Å²) in [7, 11) is 0.470. The standard InChI is InChI=1S/C23H27ClN6O6S/c1-13(21(36-4)22-25-10-14(24)11-26-22)37(32,33)12-18-28-29-23(15-8-9-19(31)27-15)30(18)20-16(34-2)6-5-7-17(20)35-3/h5-7,10-11,13,15,21H,8-9,12H2,1-4H3,(H,27,31)/t13-,15-,21-/m0/s1. The third kappa shape index (κ3) is 5.38. The number of halogens is 1. The van der Waals surface area contributed by atoms with Crippen LogP contribution in [-0.4, -0.2) is 65.6 Å². The lowest BCUT2D eigenvalue weighted by atomic mass is 10.2. The second-order valence-electron chi connectivity index (χ2n) is 8.41. The van der Waals surface area contributed by atoms with Crippen molar-refractivity contribution in [2.75, 3.05) is 21.3 Å². The number of sulfone groups is 1. The van der Waals surface area contributed by atoms with Crippen molar-refractivity contribution in [3.05, 3.63) is 53.1 Å². The molecule has 1 aliphatic rings. The molecule has 0 spiro atoms. The molecule has 1 N–H and O–H groups in total. The van der Waals surface area contributed by atoms with Gasteiger partial charge in [0.1, 0.15) is 29.0 Å². The number of hydrogen-bond acceptors (Lipinski definition) is 10. The maximum atomic E-state index is 13.6. The van der Waals surface area contributed by atoms with Gasteiger partial charge in [-0.3, -0.25) is 9.36 Å². The number of para-hydroxylation sites is 1. The van der Waals surface area contributed by atoms with Gasteiger partial charge in [-0.2, -0.15) is 0 Å². The number of ether oxygens (including phenoxy) is 3. The number of aromatic nitrogens is 5. The molecule has 0 bridgehead atoms. The van der Waals surface area contributed by atoms with Gasteiger partial charge in [-0.15, -0.1) is 10.2 Å². The van der Waals surface area contributed by atoms with Crippen LogP contribution in [0.1, 0.15) is 49.4 Å². The molecule has 37 heavy (non-hydrogen) atoms.